The number of amides is 3. The van der Waals surface area contributed by atoms with Crippen molar-refractivity contribution in [2.75, 3.05) is 61.8 Å². The predicted octanol–water partition coefficient (Wildman–Crippen LogP) is 5.23. The quantitative estimate of drug-likeness (QED) is 0.144. The van der Waals surface area contributed by atoms with Gasteiger partial charge in [-0.15, -0.1) is 0 Å². The highest BCUT2D eigenvalue weighted by Gasteiger charge is 2.55. The molecule has 4 aromatic heterocycles. The van der Waals surface area contributed by atoms with Crippen LogP contribution in [0, 0.1) is 23.0 Å². The van der Waals surface area contributed by atoms with E-state index in [2.05, 4.69) is 40.6 Å². The Labute approximate surface area is 384 Å². The zero-order valence-electron chi connectivity index (χ0n) is 37.6. The maximum absolute atomic E-state index is 15.2. The zero-order chi connectivity index (χ0) is 46.4. The number of nitrogen functional groups attached to an aromatic ring is 1. The Kier molecular flexibility index (Phi) is 10.5. The maximum Gasteiger partial charge on any atom is 0.410 e. The lowest BCUT2D eigenvalue weighted by Gasteiger charge is -2.58. The number of piperidine rings is 1. The Bertz CT molecular complexity index is 2720. The number of nitrogens with zero attached hydrogens (tertiary/aromatic N) is 10. The molecule has 4 N–H and O–H groups in total. The molecule has 1 atom stereocenters. The summed E-state index contributed by atoms with van der Waals surface area (Å²) >= 11 is 0. The minimum atomic E-state index is -0.728. The van der Waals surface area contributed by atoms with Crippen LogP contribution < -0.4 is 26.0 Å². The molecule has 19 nitrogen and oxygen atoms in total. The van der Waals surface area contributed by atoms with E-state index in [1.54, 1.807) is 22.2 Å². The summed E-state index contributed by atoms with van der Waals surface area (Å²) in [4.78, 5) is 60.4. The molecule has 1 spiro atoms. The van der Waals surface area contributed by atoms with Gasteiger partial charge in [-0.25, -0.2) is 38.2 Å². The summed E-state index contributed by atoms with van der Waals surface area (Å²) in [6.07, 6.45) is 10.3. The van der Waals surface area contributed by atoms with Gasteiger partial charge in [-0.05, 0) is 89.2 Å². The van der Waals surface area contributed by atoms with Gasteiger partial charge in [0.15, 0.2) is 34.6 Å². The monoisotopic (exact) mass is 921 g/mol. The summed E-state index contributed by atoms with van der Waals surface area (Å²) in [6.45, 7) is 10.2. The van der Waals surface area contributed by atoms with Crippen molar-refractivity contribution in [3.63, 3.8) is 0 Å². The second-order valence-electron chi connectivity index (χ2n) is 20.2. The van der Waals surface area contributed by atoms with Crippen molar-refractivity contribution >= 4 is 46.1 Å². The highest BCUT2D eigenvalue weighted by atomic mass is 19.1. The van der Waals surface area contributed by atoms with E-state index in [-0.39, 0.29) is 65.6 Å². The van der Waals surface area contributed by atoms with Crippen LogP contribution in [0.5, 0.6) is 5.75 Å². The number of piperazine rings is 1. The van der Waals surface area contributed by atoms with Crippen LogP contribution in [-0.4, -0.2) is 127 Å². The lowest BCUT2D eigenvalue weighted by Crippen LogP contribution is -2.59. The number of carbonyl (C=O) groups excluding carboxylic acids is 3. The Balaban J connectivity index is 0.621. The van der Waals surface area contributed by atoms with Crippen LogP contribution >= 0.6 is 0 Å². The van der Waals surface area contributed by atoms with Gasteiger partial charge in [-0.1, -0.05) is 5.16 Å². The molecular weight excluding hydrogens is 869 g/mol. The first-order chi connectivity index (χ1) is 32.2. The zero-order valence-corrected chi connectivity index (χ0v) is 37.6. The van der Waals surface area contributed by atoms with E-state index in [9.17, 15) is 14.4 Å². The van der Waals surface area contributed by atoms with E-state index in [1.165, 1.54) is 18.5 Å². The molecule has 3 aliphatic heterocycles. The lowest BCUT2D eigenvalue weighted by molar-refractivity contribution is -0.133. The number of rotatable bonds is 11. The number of fused-ring (bicyclic) bond motifs is 1. The van der Waals surface area contributed by atoms with E-state index in [0.29, 0.717) is 90.5 Å². The molecule has 6 fully saturated rings. The van der Waals surface area contributed by atoms with E-state index in [1.807, 2.05) is 25.5 Å². The smallest absolute Gasteiger partial charge is 0.410 e. The van der Waals surface area contributed by atoms with Gasteiger partial charge in [0.1, 0.15) is 47.5 Å². The van der Waals surface area contributed by atoms with Gasteiger partial charge in [0, 0.05) is 50.7 Å². The number of anilines is 3. The van der Waals surface area contributed by atoms with Crippen LogP contribution in [0.1, 0.15) is 83.8 Å². The molecule has 0 radical (unpaired) electrons. The number of likely N-dealkylation sites (tertiary alicyclic amines) is 1. The number of ether oxygens (including phenoxy) is 2. The highest BCUT2D eigenvalue weighted by molar-refractivity contribution is 6.02. The van der Waals surface area contributed by atoms with Gasteiger partial charge < -0.3 is 34.8 Å². The van der Waals surface area contributed by atoms with E-state index < -0.39 is 29.1 Å². The van der Waals surface area contributed by atoms with Crippen molar-refractivity contribution in [1.82, 2.24) is 50.0 Å². The van der Waals surface area contributed by atoms with Crippen molar-refractivity contribution in [2.24, 2.45) is 11.3 Å². The number of halogens is 2. The molecule has 5 aromatic rings. The standard InChI is InChI=1S/C46H53F2N13O6/c1-45(2,3)61-42-35(40(49)52-23-53-42)36(56-61)37-34(39(67-57-37)25-4-5-25)41-50-18-28(19-51-41)65-29-21-60(22-29)44(64)66-27-16-46(17-27)14-24(15-46)20-58-8-10-59(11-9-58)38-30(47)12-26(13-31(38)48)54-32-6-7-33(62)55-43(32)63/h12-13,18-19,23-25,27,29,32,54H,4-11,14-17,20-22H2,1-3H3,(H2,49,52,53)(H,55,62,63). The molecule has 3 saturated heterocycles. The Hall–Kier alpha value is -6.51. The van der Waals surface area contributed by atoms with E-state index >= 15 is 8.78 Å². The summed E-state index contributed by atoms with van der Waals surface area (Å²) in [5.41, 5.74) is 8.53. The first kappa shape index (κ1) is 43.1. The summed E-state index contributed by atoms with van der Waals surface area (Å²) in [7, 11) is 0. The normalized spacial score (nSPS) is 24.6. The average Bonchev–Trinajstić information content (AvgIpc) is 3.86. The topological polar surface area (TPSA) is 225 Å². The minimum absolute atomic E-state index is 0.0622. The average molecular weight is 922 g/mol. The fraction of sp³-hybridized carbons (Fsp3) is 0.543. The second-order valence-corrected chi connectivity index (χ2v) is 20.2. The van der Waals surface area contributed by atoms with Crippen LogP contribution in [-0.2, 0) is 19.9 Å². The molecular formula is C46H53F2N13O6. The maximum atomic E-state index is 15.2. The van der Waals surface area contributed by atoms with Gasteiger partial charge in [0.25, 0.3) is 0 Å². The Morgan fingerprint density at radius 1 is 0.955 bits per heavy atom. The molecule has 3 amide bonds. The summed E-state index contributed by atoms with van der Waals surface area (Å²) < 4.78 is 50.2. The number of aromatic nitrogens is 7. The van der Waals surface area contributed by atoms with Crippen molar-refractivity contribution in [3.8, 4) is 28.5 Å². The van der Waals surface area contributed by atoms with Gasteiger partial charge in [0.2, 0.25) is 11.8 Å². The summed E-state index contributed by atoms with van der Waals surface area (Å²) in [5, 5.41) is 15.1. The van der Waals surface area contributed by atoms with Crippen LogP contribution in [0.25, 0.3) is 33.8 Å². The third-order valence-electron chi connectivity index (χ3n) is 14.1. The van der Waals surface area contributed by atoms with Gasteiger partial charge >= 0.3 is 6.09 Å². The third-order valence-corrected chi connectivity index (χ3v) is 14.1. The van der Waals surface area contributed by atoms with Gasteiger partial charge in [-0.2, -0.15) is 5.10 Å². The number of hydrogen-bond donors (Lipinski definition) is 3. The largest absolute Gasteiger partial charge is 0.483 e. The number of carbonyl (C=O) groups is 3. The molecule has 3 saturated carbocycles. The molecule has 21 heteroatoms. The first-order valence-corrected chi connectivity index (χ1v) is 23.2. The Morgan fingerprint density at radius 3 is 2.34 bits per heavy atom. The third kappa shape index (κ3) is 8.24. The molecule has 3 aliphatic carbocycles. The number of imide groups is 1. The molecule has 1 unspecified atom stereocenters. The van der Waals surface area contributed by atoms with Gasteiger partial charge in [0.05, 0.1) is 42.0 Å². The molecule has 1 aromatic carbocycles. The molecule has 0 bridgehead atoms. The van der Waals surface area contributed by atoms with Crippen LogP contribution in [0.4, 0.5) is 30.8 Å². The minimum Gasteiger partial charge on any atom is -0.483 e. The summed E-state index contributed by atoms with van der Waals surface area (Å²) in [6, 6.07) is 1.69. The van der Waals surface area contributed by atoms with E-state index in [4.69, 9.17) is 24.8 Å². The number of nitrogens with one attached hydrogen (secondary N) is 2. The number of benzene rings is 1. The number of nitrogens with two attached hydrogens (primary N) is 1. The molecule has 67 heavy (non-hydrogen) atoms. The second kappa shape index (κ2) is 16.4. The van der Waals surface area contributed by atoms with Crippen molar-refractivity contribution in [1.29, 1.82) is 0 Å². The van der Waals surface area contributed by atoms with Crippen molar-refractivity contribution in [3.05, 3.63) is 48.2 Å². The fourth-order valence-electron chi connectivity index (χ4n) is 10.6. The highest BCUT2D eigenvalue weighted by Crippen LogP contribution is 2.60. The Morgan fingerprint density at radius 2 is 1.67 bits per heavy atom. The number of hydrogen-bond acceptors (Lipinski definition) is 16. The lowest BCUT2D eigenvalue weighted by atomic mass is 9.50. The molecule has 7 heterocycles. The predicted molar refractivity (Wildman–Crippen MR) is 239 cm³/mol. The van der Waals surface area contributed by atoms with Gasteiger partial charge in [-0.3, -0.25) is 19.8 Å². The first-order valence-electron chi connectivity index (χ1n) is 23.2. The SMILES string of the molecule is CC(C)(C)n1nc(-c2noc(C3CC3)c2-c2ncc(OC3CN(C(=O)OC4CC5(CC(CN6CCN(c7c(F)cc(NC8CCC(=O)NC8=O)cc7F)CC6)C5)C4)C3)cn2)c2c(N)ncnc21. The van der Waals surface area contributed by atoms with Crippen molar-refractivity contribution < 1.29 is 37.2 Å². The molecule has 6 aliphatic rings. The van der Waals surface area contributed by atoms with Crippen molar-refractivity contribution in [2.45, 2.75) is 102 Å². The van der Waals surface area contributed by atoms with Crippen LogP contribution in [0.2, 0.25) is 0 Å². The fourth-order valence-corrected chi connectivity index (χ4v) is 10.6. The molecule has 352 valence electrons. The van der Waals surface area contributed by atoms with E-state index in [0.717, 1.165) is 45.1 Å². The molecule has 11 rings (SSSR count). The van der Waals surface area contributed by atoms with Crippen LogP contribution in [0.3, 0.4) is 0 Å². The van der Waals surface area contributed by atoms with Crippen LogP contribution in [0.15, 0.2) is 35.4 Å². The summed E-state index contributed by atoms with van der Waals surface area (Å²) in [5.74, 6) is 0.398.